The zero-order valence-corrected chi connectivity index (χ0v) is 23.3. The van der Waals surface area contributed by atoms with E-state index < -0.39 is 28.5 Å². The fraction of sp³-hybridized carbons (Fsp3) is 0.440. The van der Waals surface area contributed by atoms with Gasteiger partial charge < -0.3 is 10.2 Å². The van der Waals surface area contributed by atoms with E-state index in [9.17, 15) is 18.0 Å². The van der Waals surface area contributed by atoms with Gasteiger partial charge in [0.1, 0.15) is 12.6 Å². The predicted molar refractivity (Wildman–Crippen MR) is 143 cm³/mol. The van der Waals surface area contributed by atoms with Gasteiger partial charge in [0.15, 0.2) is 0 Å². The van der Waals surface area contributed by atoms with E-state index in [1.807, 2.05) is 24.3 Å². The smallest absolute Gasteiger partial charge is 0.244 e. The van der Waals surface area contributed by atoms with Crippen LogP contribution < -0.4 is 9.62 Å². The second-order valence-electron chi connectivity index (χ2n) is 8.97. The maximum absolute atomic E-state index is 13.6. The highest BCUT2D eigenvalue weighted by Crippen LogP contribution is 2.28. The van der Waals surface area contributed by atoms with Crippen molar-refractivity contribution in [1.82, 2.24) is 10.2 Å². The summed E-state index contributed by atoms with van der Waals surface area (Å²) in [7, 11) is -3.81. The monoisotopic (exact) mass is 583 g/mol. The van der Waals surface area contributed by atoms with Gasteiger partial charge >= 0.3 is 0 Å². The van der Waals surface area contributed by atoms with Crippen LogP contribution in [-0.4, -0.2) is 50.0 Å². The van der Waals surface area contributed by atoms with Crippen LogP contribution in [-0.2, 0) is 26.2 Å². The number of nitrogens with zero attached hydrogens (tertiary/aromatic N) is 2. The first-order chi connectivity index (χ1) is 16.5. The van der Waals surface area contributed by atoms with Crippen LogP contribution >= 0.6 is 27.5 Å². The van der Waals surface area contributed by atoms with Crippen molar-refractivity contribution in [3.63, 3.8) is 0 Å². The van der Waals surface area contributed by atoms with Crippen LogP contribution in [0.1, 0.15) is 43.7 Å². The van der Waals surface area contributed by atoms with Crippen LogP contribution in [0.15, 0.2) is 46.9 Å². The first kappa shape index (κ1) is 27.5. The van der Waals surface area contributed by atoms with Crippen molar-refractivity contribution in [3.8, 4) is 0 Å². The van der Waals surface area contributed by atoms with E-state index in [4.69, 9.17) is 11.6 Å². The molecule has 2 aromatic carbocycles. The zero-order valence-electron chi connectivity index (χ0n) is 20.1. The van der Waals surface area contributed by atoms with Crippen molar-refractivity contribution in [2.24, 2.45) is 0 Å². The van der Waals surface area contributed by atoms with Crippen molar-refractivity contribution in [3.05, 3.63) is 63.1 Å². The molecule has 35 heavy (non-hydrogen) atoms. The third kappa shape index (κ3) is 7.21. The van der Waals surface area contributed by atoms with Gasteiger partial charge in [0, 0.05) is 22.1 Å². The minimum Gasteiger partial charge on any atom is -0.352 e. The Bertz CT molecular complexity index is 1170. The summed E-state index contributed by atoms with van der Waals surface area (Å²) in [6, 6.07) is 11.7. The van der Waals surface area contributed by atoms with Crippen molar-refractivity contribution in [2.75, 3.05) is 17.1 Å². The lowest BCUT2D eigenvalue weighted by atomic mass is 10.1. The Morgan fingerprint density at radius 3 is 2.37 bits per heavy atom. The van der Waals surface area contributed by atoms with Crippen molar-refractivity contribution in [1.29, 1.82) is 0 Å². The van der Waals surface area contributed by atoms with Gasteiger partial charge in [-0.1, -0.05) is 58.6 Å². The highest BCUT2D eigenvalue weighted by Gasteiger charge is 2.31. The number of hydrogen-bond donors (Lipinski definition) is 1. The average molecular weight is 585 g/mol. The normalized spacial score (nSPS) is 15.0. The van der Waals surface area contributed by atoms with Crippen LogP contribution in [0.5, 0.6) is 0 Å². The lowest BCUT2D eigenvalue weighted by Crippen LogP contribution is -2.52. The lowest BCUT2D eigenvalue weighted by Gasteiger charge is -2.32. The number of halogens is 2. The number of nitrogens with one attached hydrogen (secondary N) is 1. The Labute approximate surface area is 221 Å². The number of carbonyl (C=O) groups excluding carboxylic acids is 2. The van der Waals surface area contributed by atoms with Gasteiger partial charge in [0.2, 0.25) is 21.8 Å². The van der Waals surface area contributed by atoms with Crippen LogP contribution in [0, 0.1) is 6.92 Å². The molecular formula is C25H31BrClN3O4S. The second kappa shape index (κ2) is 11.8. The van der Waals surface area contributed by atoms with Gasteiger partial charge in [0.05, 0.1) is 11.9 Å². The maximum Gasteiger partial charge on any atom is 0.244 e. The summed E-state index contributed by atoms with van der Waals surface area (Å²) in [4.78, 5) is 28.1. The molecule has 1 aliphatic carbocycles. The summed E-state index contributed by atoms with van der Waals surface area (Å²) in [5.41, 5.74) is 1.71. The molecule has 0 radical (unpaired) electrons. The van der Waals surface area contributed by atoms with Crippen molar-refractivity contribution >= 4 is 55.1 Å². The Morgan fingerprint density at radius 2 is 1.77 bits per heavy atom. The number of rotatable bonds is 9. The largest absolute Gasteiger partial charge is 0.352 e. The highest BCUT2D eigenvalue weighted by molar-refractivity contribution is 9.10. The molecule has 1 atom stereocenters. The minimum absolute atomic E-state index is 0.108. The average Bonchev–Trinajstić information content (AvgIpc) is 3.31. The lowest BCUT2D eigenvalue weighted by molar-refractivity contribution is -0.139. The predicted octanol–water partition coefficient (Wildman–Crippen LogP) is 4.65. The van der Waals surface area contributed by atoms with E-state index in [1.165, 1.54) is 4.90 Å². The molecule has 0 aliphatic heterocycles. The Kier molecular flexibility index (Phi) is 9.23. The molecule has 0 bridgehead atoms. The number of hydrogen-bond acceptors (Lipinski definition) is 4. The Balaban J connectivity index is 1.90. The molecule has 0 saturated heterocycles. The van der Waals surface area contributed by atoms with Gasteiger partial charge in [-0.2, -0.15) is 0 Å². The van der Waals surface area contributed by atoms with E-state index in [1.54, 1.807) is 32.0 Å². The third-order valence-corrected chi connectivity index (χ3v) is 8.39. The number of anilines is 1. The van der Waals surface area contributed by atoms with E-state index >= 15 is 0 Å². The molecule has 10 heteroatoms. The van der Waals surface area contributed by atoms with Crippen molar-refractivity contribution < 1.29 is 18.0 Å². The summed E-state index contributed by atoms with van der Waals surface area (Å²) in [5.74, 6) is -0.723. The molecule has 190 valence electrons. The minimum atomic E-state index is -3.81. The number of sulfonamides is 1. The molecular weight excluding hydrogens is 554 g/mol. The summed E-state index contributed by atoms with van der Waals surface area (Å²) in [5, 5.41) is 3.45. The molecule has 1 fully saturated rings. The van der Waals surface area contributed by atoms with E-state index in [0.29, 0.717) is 16.3 Å². The fourth-order valence-electron chi connectivity index (χ4n) is 4.22. The van der Waals surface area contributed by atoms with Crippen LogP contribution in [0.4, 0.5) is 5.69 Å². The van der Waals surface area contributed by atoms with Gasteiger partial charge in [0.25, 0.3) is 0 Å². The molecule has 7 nitrogen and oxygen atoms in total. The first-order valence-corrected chi connectivity index (χ1v) is 14.6. The van der Waals surface area contributed by atoms with Gasteiger partial charge in [-0.05, 0) is 62.1 Å². The van der Waals surface area contributed by atoms with Crippen LogP contribution in [0.3, 0.4) is 0 Å². The van der Waals surface area contributed by atoms with Gasteiger partial charge in [-0.15, -0.1) is 0 Å². The topological polar surface area (TPSA) is 86.8 Å². The molecule has 1 unspecified atom stereocenters. The van der Waals surface area contributed by atoms with Crippen molar-refractivity contribution in [2.45, 2.75) is 58.2 Å². The number of carbonyl (C=O) groups is 2. The summed E-state index contributed by atoms with van der Waals surface area (Å²) < 4.78 is 27.4. The molecule has 1 N–H and O–H groups in total. The molecule has 2 amide bonds. The molecule has 0 heterocycles. The second-order valence-corrected chi connectivity index (χ2v) is 12.2. The van der Waals surface area contributed by atoms with E-state index in [0.717, 1.165) is 46.3 Å². The number of amides is 2. The van der Waals surface area contributed by atoms with Gasteiger partial charge in [-0.25, -0.2) is 8.42 Å². The summed E-state index contributed by atoms with van der Waals surface area (Å²) >= 11 is 9.63. The van der Waals surface area contributed by atoms with E-state index in [2.05, 4.69) is 21.2 Å². The number of benzene rings is 2. The fourth-order valence-corrected chi connectivity index (χ4v) is 5.56. The Morgan fingerprint density at radius 1 is 1.14 bits per heavy atom. The molecule has 0 spiro atoms. The molecule has 3 rings (SSSR count). The van der Waals surface area contributed by atoms with Crippen LogP contribution in [0.2, 0.25) is 5.02 Å². The third-order valence-electron chi connectivity index (χ3n) is 6.32. The summed E-state index contributed by atoms with van der Waals surface area (Å²) in [6.07, 6.45) is 5.05. The SMILES string of the molecule is Cc1c(Cl)cccc1N(CC(=O)N(Cc1ccc(Br)cc1)C(C)C(=O)NC1CCCC1)S(C)(=O)=O. The quantitative estimate of drug-likeness (QED) is 0.465. The molecule has 0 aromatic heterocycles. The maximum atomic E-state index is 13.6. The zero-order chi connectivity index (χ0) is 25.8. The Hall–Kier alpha value is -2.10. The van der Waals surface area contributed by atoms with Gasteiger partial charge in [-0.3, -0.25) is 13.9 Å². The standard InChI is InChI=1S/C25H31BrClN3O4S/c1-17-22(27)9-6-10-23(17)30(35(3,33)34)16-24(31)29(15-19-11-13-20(26)14-12-19)18(2)25(32)28-21-7-4-5-8-21/h6,9-14,18,21H,4-5,7-8,15-16H2,1-3H3,(H,28,32). The molecule has 2 aromatic rings. The highest BCUT2D eigenvalue weighted by atomic mass is 79.9. The summed E-state index contributed by atoms with van der Waals surface area (Å²) in [6.45, 7) is 3.10. The molecule has 1 saturated carbocycles. The van der Waals surface area contributed by atoms with E-state index in [-0.39, 0.29) is 18.5 Å². The molecule has 1 aliphatic rings. The first-order valence-electron chi connectivity index (χ1n) is 11.5. The van der Waals surface area contributed by atoms with Crippen LogP contribution in [0.25, 0.3) is 0 Å².